The first-order chi connectivity index (χ1) is 18.4. The third-order valence-corrected chi connectivity index (χ3v) is 5.80. The van der Waals surface area contributed by atoms with E-state index in [2.05, 4.69) is 34.0 Å². The van der Waals surface area contributed by atoms with Gasteiger partial charge in [-0.15, -0.1) is 0 Å². The Labute approximate surface area is 219 Å². The number of carbonyl (C=O) groups excluding carboxylic acids is 3. The predicted octanol–water partition coefficient (Wildman–Crippen LogP) is 4.01. The molecule has 0 aliphatic carbocycles. The summed E-state index contributed by atoms with van der Waals surface area (Å²) in [5.74, 6) is -1.40. The van der Waals surface area contributed by atoms with Gasteiger partial charge in [-0.25, -0.2) is 5.43 Å². The van der Waals surface area contributed by atoms with Crippen molar-refractivity contribution in [2.45, 2.75) is 13.5 Å². The molecule has 9 nitrogen and oxygen atoms in total. The third-order valence-electron chi connectivity index (χ3n) is 5.80. The number of fused-ring (bicyclic) bond motifs is 1. The highest BCUT2D eigenvalue weighted by Crippen LogP contribution is 2.30. The minimum atomic E-state index is -0.953. The predicted molar refractivity (Wildman–Crippen MR) is 145 cm³/mol. The number of anilines is 1. The van der Waals surface area contributed by atoms with Gasteiger partial charge >= 0.3 is 11.8 Å². The van der Waals surface area contributed by atoms with Gasteiger partial charge < -0.3 is 20.5 Å². The minimum absolute atomic E-state index is 0.285. The monoisotopic (exact) mass is 510 g/mol. The zero-order chi connectivity index (χ0) is 27.1. The number of methoxy groups -OCH3 is 1. The molecule has 0 bridgehead atoms. The molecule has 0 atom stereocenters. The molecule has 0 aliphatic rings. The van der Waals surface area contributed by atoms with E-state index in [1.807, 2.05) is 24.3 Å². The maximum absolute atomic E-state index is 12.2. The van der Waals surface area contributed by atoms with E-state index in [-0.39, 0.29) is 5.56 Å². The number of carbonyl (C=O) groups is 3. The van der Waals surface area contributed by atoms with E-state index in [1.54, 1.807) is 32.2 Å². The van der Waals surface area contributed by atoms with Crippen molar-refractivity contribution in [3.05, 3.63) is 102 Å². The molecule has 4 rings (SSSR count). The number of nitrogens with zero attached hydrogens (tertiary/aromatic N) is 1. The molecule has 0 unspecified atom stereocenters. The molecule has 192 valence electrons. The molecule has 0 radical (unpaired) electrons. The molecule has 0 heterocycles. The first kappa shape index (κ1) is 25.9. The van der Waals surface area contributed by atoms with Crippen LogP contribution in [0.2, 0.25) is 0 Å². The number of nitrogens with one attached hydrogen (secondary N) is 2. The summed E-state index contributed by atoms with van der Waals surface area (Å²) >= 11 is 0. The second kappa shape index (κ2) is 11.7. The molecule has 3 amide bonds. The average molecular weight is 511 g/mol. The van der Waals surface area contributed by atoms with Gasteiger partial charge in [0, 0.05) is 16.8 Å². The highest BCUT2D eigenvalue weighted by Gasteiger charge is 2.14. The van der Waals surface area contributed by atoms with Crippen LogP contribution in [0.4, 0.5) is 5.69 Å². The van der Waals surface area contributed by atoms with Gasteiger partial charge in [0.15, 0.2) is 11.5 Å². The van der Waals surface area contributed by atoms with Gasteiger partial charge in [0.2, 0.25) is 5.91 Å². The van der Waals surface area contributed by atoms with E-state index >= 15 is 0 Å². The standard InChI is InChI=1S/C29H26N4O5/c1-18(32-33-29(36)28(35)31-23-13-10-20(11-14-23)27(30)34)21-12-15-25(26(16-21)37-2)38-17-22-8-5-7-19-6-3-4-9-24(19)22/h3-16H,17H2,1-2H3,(H2,30,34)(H,31,35)(H,33,36)/b32-18+. The van der Waals surface area contributed by atoms with Crippen LogP contribution in [-0.4, -0.2) is 30.5 Å². The Bertz CT molecular complexity index is 1520. The fourth-order valence-electron chi connectivity index (χ4n) is 3.74. The van der Waals surface area contributed by atoms with Gasteiger partial charge in [0.1, 0.15) is 6.61 Å². The summed E-state index contributed by atoms with van der Waals surface area (Å²) in [7, 11) is 1.54. The SMILES string of the molecule is COc1cc(/C(C)=N/NC(=O)C(=O)Nc2ccc(C(N)=O)cc2)ccc1OCc1cccc2ccccc12. The Hall–Kier alpha value is -5.18. The molecule has 0 saturated heterocycles. The Morgan fingerprint density at radius 3 is 2.29 bits per heavy atom. The van der Waals surface area contributed by atoms with Crippen molar-refractivity contribution in [1.29, 1.82) is 0 Å². The highest BCUT2D eigenvalue weighted by atomic mass is 16.5. The maximum atomic E-state index is 12.2. The fraction of sp³-hybridized carbons (Fsp3) is 0.103. The summed E-state index contributed by atoms with van der Waals surface area (Å²) < 4.78 is 11.6. The van der Waals surface area contributed by atoms with Gasteiger partial charge in [-0.1, -0.05) is 42.5 Å². The number of hydrogen-bond donors (Lipinski definition) is 3. The van der Waals surface area contributed by atoms with E-state index in [4.69, 9.17) is 15.2 Å². The van der Waals surface area contributed by atoms with Crippen molar-refractivity contribution in [1.82, 2.24) is 5.43 Å². The lowest BCUT2D eigenvalue weighted by Gasteiger charge is -2.13. The molecular formula is C29H26N4O5. The summed E-state index contributed by atoms with van der Waals surface area (Å²) in [5, 5.41) is 8.71. The largest absolute Gasteiger partial charge is 0.493 e. The highest BCUT2D eigenvalue weighted by molar-refractivity contribution is 6.39. The molecule has 4 aromatic carbocycles. The van der Waals surface area contributed by atoms with E-state index in [0.717, 1.165) is 16.3 Å². The van der Waals surface area contributed by atoms with Crippen LogP contribution in [0.3, 0.4) is 0 Å². The van der Waals surface area contributed by atoms with Gasteiger partial charge in [-0.05, 0) is 65.7 Å². The summed E-state index contributed by atoms with van der Waals surface area (Å²) in [6.45, 7) is 2.05. The molecule has 0 saturated carbocycles. The summed E-state index contributed by atoms with van der Waals surface area (Å²) in [5.41, 5.74) is 10.2. The van der Waals surface area contributed by atoms with Gasteiger partial charge in [-0.3, -0.25) is 14.4 Å². The molecule has 0 spiro atoms. The lowest BCUT2D eigenvalue weighted by atomic mass is 10.1. The van der Waals surface area contributed by atoms with E-state index in [0.29, 0.717) is 35.1 Å². The van der Waals surface area contributed by atoms with Crippen LogP contribution < -0.4 is 25.9 Å². The van der Waals surface area contributed by atoms with Crippen LogP contribution in [0, 0.1) is 0 Å². The van der Waals surface area contributed by atoms with Crippen LogP contribution in [0.25, 0.3) is 10.8 Å². The molecule has 9 heteroatoms. The summed E-state index contributed by atoms with van der Waals surface area (Å²) in [4.78, 5) is 35.5. The van der Waals surface area contributed by atoms with Crippen molar-refractivity contribution in [2.24, 2.45) is 10.8 Å². The quantitative estimate of drug-likeness (QED) is 0.187. The van der Waals surface area contributed by atoms with E-state index in [9.17, 15) is 14.4 Å². The number of rotatable bonds is 8. The van der Waals surface area contributed by atoms with Crippen LogP contribution in [0.1, 0.15) is 28.4 Å². The van der Waals surface area contributed by atoms with Crippen molar-refractivity contribution in [3.63, 3.8) is 0 Å². The Morgan fingerprint density at radius 2 is 1.55 bits per heavy atom. The Kier molecular flexibility index (Phi) is 7.98. The lowest BCUT2D eigenvalue weighted by molar-refractivity contribution is -0.136. The molecule has 0 aliphatic heterocycles. The van der Waals surface area contributed by atoms with E-state index in [1.165, 1.54) is 24.3 Å². The molecular weight excluding hydrogens is 484 g/mol. The van der Waals surface area contributed by atoms with Crippen molar-refractivity contribution in [2.75, 3.05) is 12.4 Å². The smallest absolute Gasteiger partial charge is 0.329 e. The normalized spacial score (nSPS) is 11.1. The van der Waals surface area contributed by atoms with Gasteiger partial charge in [0.05, 0.1) is 12.8 Å². The zero-order valence-electron chi connectivity index (χ0n) is 20.9. The number of hydrazone groups is 1. The Balaban J connectivity index is 1.39. The Morgan fingerprint density at radius 1 is 0.842 bits per heavy atom. The summed E-state index contributed by atoms with van der Waals surface area (Å²) in [6, 6.07) is 25.3. The first-order valence-electron chi connectivity index (χ1n) is 11.7. The van der Waals surface area contributed by atoms with Crippen LogP contribution in [-0.2, 0) is 16.2 Å². The lowest BCUT2D eigenvalue weighted by Crippen LogP contribution is -2.33. The van der Waals surface area contributed by atoms with Crippen molar-refractivity contribution in [3.8, 4) is 11.5 Å². The first-order valence-corrected chi connectivity index (χ1v) is 11.7. The van der Waals surface area contributed by atoms with Crippen molar-refractivity contribution >= 4 is 39.9 Å². The number of primary amides is 1. The molecule has 38 heavy (non-hydrogen) atoms. The average Bonchev–Trinajstić information content (AvgIpc) is 2.94. The zero-order valence-corrected chi connectivity index (χ0v) is 20.9. The molecule has 4 N–H and O–H groups in total. The van der Waals surface area contributed by atoms with Crippen LogP contribution in [0.15, 0.2) is 90.0 Å². The molecule has 0 fully saturated rings. The summed E-state index contributed by atoms with van der Waals surface area (Å²) in [6.07, 6.45) is 0. The maximum Gasteiger partial charge on any atom is 0.329 e. The second-order valence-corrected chi connectivity index (χ2v) is 8.33. The van der Waals surface area contributed by atoms with Crippen LogP contribution >= 0.6 is 0 Å². The molecule has 4 aromatic rings. The third kappa shape index (κ3) is 6.14. The topological polar surface area (TPSA) is 132 Å². The van der Waals surface area contributed by atoms with Crippen LogP contribution in [0.5, 0.6) is 11.5 Å². The van der Waals surface area contributed by atoms with E-state index < -0.39 is 17.7 Å². The molecule has 0 aromatic heterocycles. The second-order valence-electron chi connectivity index (χ2n) is 8.33. The number of ether oxygens (including phenoxy) is 2. The van der Waals surface area contributed by atoms with Crippen molar-refractivity contribution < 1.29 is 23.9 Å². The number of nitrogens with two attached hydrogens (primary N) is 1. The number of amides is 3. The number of benzene rings is 4. The van der Waals surface area contributed by atoms with Gasteiger partial charge in [0.25, 0.3) is 0 Å². The minimum Gasteiger partial charge on any atom is -0.493 e. The van der Waals surface area contributed by atoms with Gasteiger partial charge in [-0.2, -0.15) is 5.10 Å². The number of hydrogen-bond acceptors (Lipinski definition) is 6. The fourth-order valence-corrected chi connectivity index (χ4v) is 3.74.